The average molecular weight is 512 g/mol. The van der Waals surface area contributed by atoms with Crippen LogP contribution in [0, 0.1) is 5.41 Å². The number of para-hydroxylation sites is 1. The van der Waals surface area contributed by atoms with Crippen LogP contribution in [0.4, 0.5) is 5.69 Å². The third kappa shape index (κ3) is 3.10. The number of carbonyl (C=O) groups is 3. The summed E-state index contributed by atoms with van der Waals surface area (Å²) in [5.41, 5.74) is 2.41. The molecule has 0 unspecified atom stereocenters. The third-order valence-electron chi connectivity index (χ3n) is 8.51. The van der Waals surface area contributed by atoms with Crippen molar-refractivity contribution >= 4 is 29.1 Å². The second-order valence-corrected chi connectivity index (χ2v) is 10.3. The minimum absolute atomic E-state index is 0.125. The largest absolute Gasteiger partial charge is 0.497 e. The molecule has 1 spiro atoms. The molecule has 0 amide bonds. The van der Waals surface area contributed by atoms with Crippen molar-refractivity contribution < 1.29 is 19.1 Å². The number of Topliss-reactive ketones (excluding diaryl/α,β-unsaturated/α-hetero) is 3. The Morgan fingerprint density at radius 2 is 1.38 bits per heavy atom. The van der Waals surface area contributed by atoms with Crippen molar-refractivity contribution in [1.82, 2.24) is 0 Å². The second kappa shape index (κ2) is 8.63. The van der Waals surface area contributed by atoms with Crippen molar-refractivity contribution in [2.75, 3.05) is 12.0 Å². The van der Waals surface area contributed by atoms with Crippen LogP contribution in [-0.4, -0.2) is 36.5 Å². The number of ketones is 3. The first kappa shape index (κ1) is 23.4. The summed E-state index contributed by atoms with van der Waals surface area (Å²) in [7, 11) is 1.59. The van der Waals surface area contributed by atoms with E-state index in [4.69, 9.17) is 4.74 Å². The molecule has 2 heterocycles. The van der Waals surface area contributed by atoms with Gasteiger partial charge in [-0.15, -0.1) is 0 Å². The summed E-state index contributed by atoms with van der Waals surface area (Å²) in [5.74, 6) is -0.658. The predicted octanol–water partition coefficient (Wildman–Crippen LogP) is 6.01. The van der Waals surface area contributed by atoms with E-state index < -0.39 is 23.4 Å². The third-order valence-corrected chi connectivity index (χ3v) is 8.51. The monoisotopic (exact) mass is 511 g/mol. The number of hydrogen-bond acceptors (Lipinski definition) is 5. The summed E-state index contributed by atoms with van der Waals surface area (Å²) in [6, 6.07) is 30.0. The van der Waals surface area contributed by atoms with Crippen molar-refractivity contribution in [3.63, 3.8) is 0 Å². The molecule has 0 aromatic heterocycles. The standard InChI is InChI=1S/C34H25NO4/c1-39-24-18-15-22(16-19-24)29-30(31(36)23-10-3-2-4-11-23)35-27-14-8-5-9-21(27)17-20-28(35)34(29)32(37)25-12-6-7-13-26(25)33(34)38/h2-20,28-30H,1H3/t28-,29+,30-/m0/s1. The zero-order chi connectivity index (χ0) is 26.7. The highest BCUT2D eigenvalue weighted by atomic mass is 16.5. The Balaban J connectivity index is 1.54. The summed E-state index contributed by atoms with van der Waals surface area (Å²) in [5, 5.41) is 0. The number of hydrogen-bond donors (Lipinski definition) is 0. The summed E-state index contributed by atoms with van der Waals surface area (Å²) in [6.07, 6.45) is 3.92. The van der Waals surface area contributed by atoms with Gasteiger partial charge in [-0.25, -0.2) is 0 Å². The molecule has 1 aliphatic carbocycles. The number of nitrogens with zero attached hydrogens (tertiary/aromatic N) is 1. The first-order valence-corrected chi connectivity index (χ1v) is 13.0. The summed E-state index contributed by atoms with van der Waals surface area (Å²) in [4.78, 5) is 45.7. The van der Waals surface area contributed by atoms with Crippen LogP contribution in [0.1, 0.15) is 48.1 Å². The first-order valence-electron chi connectivity index (χ1n) is 13.0. The van der Waals surface area contributed by atoms with Crippen LogP contribution >= 0.6 is 0 Å². The lowest BCUT2D eigenvalue weighted by Crippen LogP contribution is -2.48. The zero-order valence-electron chi connectivity index (χ0n) is 21.3. The second-order valence-electron chi connectivity index (χ2n) is 10.3. The number of ether oxygens (including phenoxy) is 1. The maximum absolute atomic E-state index is 14.6. The van der Waals surface area contributed by atoms with E-state index in [0.717, 1.165) is 16.8 Å². The minimum atomic E-state index is -1.50. The van der Waals surface area contributed by atoms with Gasteiger partial charge in [-0.05, 0) is 29.3 Å². The van der Waals surface area contributed by atoms with Crippen molar-refractivity contribution in [3.05, 3.63) is 137 Å². The van der Waals surface area contributed by atoms with E-state index in [1.165, 1.54) is 0 Å². The van der Waals surface area contributed by atoms with Gasteiger partial charge in [0.05, 0.1) is 13.2 Å². The van der Waals surface area contributed by atoms with Gasteiger partial charge in [0.1, 0.15) is 17.2 Å². The molecule has 5 heteroatoms. The highest BCUT2D eigenvalue weighted by Crippen LogP contribution is 2.61. The molecule has 3 atom stereocenters. The van der Waals surface area contributed by atoms with Crippen LogP contribution in [0.2, 0.25) is 0 Å². The molecular formula is C34H25NO4. The number of anilines is 1. The van der Waals surface area contributed by atoms with E-state index in [9.17, 15) is 14.4 Å². The van der Waals surface area contributed by atoms with E-state index in [0.29, 0.717) is 22.4 Å². The molecule has 0 radical (unpaired) electrons. The van der Waals surface area contributed by atoms with Crippen molar-refractivity contribution in [3.8, 4) is 5.75 Å². The van der Waals surface area contributed by atoms with Crippen molar-refractivity contribution in [2.24, 2.45) is 5.41 Å². The molecule has 0 saturated carbocycles. The van der Waals surface area contributed by atoms with E-state index in [1.54, 1.807) is 43.5 Å². The van der Waals surface area contributed by atoms with E-state index >= 15 is 0 Å². The average Bonchev–Trinajstić information content (AvgIpc) is 3.43. The molecule has 0 N–H and O–H groups in total. The number of methoxy groups -OCH3 is 1. The zero-order valence-corrected chi connectivity index (χ0v) is 21.3. The van der Waals surface area contributed by atoms with Gasteiger partial charge in [-0.3, -0.25) is 14.4 Å². The number of rotatable bonds is 4. The Kier molecular flexibility index (Phi) is 5.17. The molecule has 39 heavy (non-hydrogen) atoms. The lowest BCUT2D eigenvalue weighted by Gasteiger charge is -2.37. The fourth-order valence-corrected chi connectivity index (χ4v) is 6.87. The van der Waals surface area contributed by atoms with E-state index in [2.05, 4.69) is 0 Å². The smallest absolute Gasteiger partial charge is 0.185 e. The molecule has 1 fully saturated rings. The molecule has 2 aliphatic heterocycles. The van der Waals surface area contributed by atoms with Gasteiger partial charge >= 0.3 is 0 Å². The van der Waals surface area contributed by atoms with E-state index in [-0.39, 0.29) is 17.3 Å². The SMILES string of the molecule is COc1ccc([C@@H]2[C@@H](C(=O)c3ccccc3)N3c4ccccc4C=C[C@H]3C23C(=O)c2ccccc2C3=O)cc1. The molecule has 4 aromatic carbocycles. The molecule has 3 aliphatic rings. The van der Waals surface area contributed by atoms with Crippen molar-refractivity contribution in [1.29, 1.82) is 0 Å². The Morgan fingerprint density at radius 1 is 0.769 bits per heavy atom. The molecular weight excluding hydrogens is 486 g/mol. The molecule has 4 aromatic rings. The van der Waals surface area contributed by atoms with Crippen LogP contribution in [0.15, 0.2) is 109 Å². The van der Waals surface area contributed by atoms with Crippen LogP contribution < -0.4 is 9.64 Å². The van der Waals surface area contributed by atoms with Gasteiger partial charge in [0, 0.05) is 28.3 Å². The molecule has 190 valence electrons. The highest BCUT2D eigenvalue weighted by Gasteiger charge is 2.71. The molecule has 1 saturated heterocycles. The van der Waals surface area contributed by atoms with Crippen LogP contribution in [0.5, 0.6) is 5.75 Å². The summed E-state index contributed by atoms with van der Waals surface area (Å²) >= 11 is 0. The van der Waals surface area contributed by atoms with Gasteiger partial charge in [-0.2, -0.15) is 0 Å². The van der Waals surface area contributed by atoms with Gasteiger partial charge < -0.3 is 9.64 Å². The number of carbonyl (C=O) groups excluding carboxylic acids is 3. The Hall–Kier alpha value is -4.77. The molecule has 7 rings (SSSR count). The van der Waals surface area contributed by atoms with Crippen LogP contribution in [-0.2, 0) is 0 Å². The molecule has 0 bridgehead atoms. The maximum Gasteiger partial charge on any atom is 0.185 e. The summed E-state index contributed by atoms with van der Waals surface area (Å²) < 4.78 is 5.40. The number of fused-ring (bicyclic) bond motifs is 5. The van der Waals surface area contributed by atoms with Gasteiger partial charge in [-0.1, -0.05) is 97.1 Å². The minimum Gasteiger partial charge on any atom is -0.497 e. The Labute approximate surface area is 226 Å². The summed E-state index contributed by atoms with van der Waals surface area (Å²) in [6.45, 7) is 0. The van der Waals surface area contributed by atoms with Crippen LogP contribution in [0.3, 0.4) is 0 Å². The Bertz CT molecular complexity index is 1640. The van der Waals surface area contributed by atoms with Crippen molar-refractivity contribution in [2.45, 2.75) is 18.0 Å². The fourth-order valence-electron chi connectivity index (χ4n) is 6.87. The fraction of sp³-hybridized carbons (Fsp3) is 0.147. The van der Waals surface area contributed by atoms with Gasteiger partial charge in [0.25, 0.3) is 0 Å². The highest BCUT2D eigenvalue weighted by molar-refractivity contribution is 6.32. The van der Waals surface area contributed by atoms with Gasteiger partial charge in [0.2, 0.25) is 0 Å². The maximum atomic E-state index is 14.6. The topological polar surface area (TPSA) is 63.7 Å². The normalized spacial score (nSPS) is 22.0. The first-order chi connectivity index (χ1) is 19.1. The lowest BCUT2D eigenvalue weighted by atomic mass is 9.64. The Morgan fingerprint density at radius 3 is 2.05 bits per heavy atom. The lowest BCUT2D eigenvalue weighted by molar-refractivity contribution is 0.0666. The predicted molar refractivity (Wildman–Crippen MR) is 150 cm³/mol. The van der Waals surface area contributed by atoms with Gasteiger partial charge in [0.15, 0.2) is 17.3 Å². The van der Waals surface area contributed by atoms with E-state index in [1.807, 2.05) is 83.8 Å². The quantitative estimate of drug-likeness (QED) is 0.248. The van der Waals surface area contributed by atoms with Crippen LogP contribution in [0.25, 0.3) is 6.08 Å². The number of benzene rings is 4. The molecule has 5 nitrogen and oxygen atoms in total.